The third-order valence-corrected chi connectivity index (χ3v) is 3.11. The Bertz CT molecular complexity index is 467. The van der Waals surface area contributed by atoms with E-state index in [4.69, 9.17) is 10.5 Å². The molecule has 1 aliphatic rings. The maximum Gasteiger partial charge on any atom is 0.267 e. The van der Waals surface area contributed by atoms with Crippen molar-refractivity contribution in [1.82, 2.24) is 9.88 Å². The van der Waals surface area contributed by atoms with Gasteiger partial charge in [0.1, 0.15) is 5.69 Å². The normalized spacial score (nSPS) is 18.3. The summed E-state index contributed by atoms with van der Waals surface area (Å²) < 4.78 is 5.49. The summed E-state index contributed by atoms with van der Waals surface area (Å²) in [5.41, 5.74) is 5.68. The van der Waals surface area contributed by atoms with Crippen LogP contribution in [0.2, 0.25) is 0 Å². The molecule has 6 heteroatoms. The van der Waals surface area contributed by atoms with Gasteiger partial charge in [0.25, 0.3) is 11.8 Å². The zero-order valence-electron chi connectivity index (χ0n) is 10.8. The molecule has 1 aromatic rings. The van der Waals surface area contributed by atoms with Gasteiger partial charge in [-0.15, -0.1) is 0 Å². The van der Waals surface area contributed by atoms with Crippen molar-refractivity contribution in [1.29, 1.82) is 0 Å². The van der Waals surface area contributed by atoms with Gasteiger partial charge in [0.15, 0.2) is 0 Å². The number of hydrogen-bond donors (Lipinski definition) is 1. The number of ether oxygens (including phenoxy) is 1. The summed E-state index contributed by atoms with van der Waals surface area (Å²) in [6, 6.07) is 3.01. The summed E-state index contributed by atoms with van der Waals surface area (Å²) in [6.07, 6.45) is 3.51. The molecular weight excluding hydrogens is 246 g/mol. The van der Waals surface area contributed by atoms with Gasteiger partial charge < -0.3 is 15.4 Å². The molecule has 2 rings (SSSR count). The van der Waals surface area contributed by atoms with Crippen molar-refractivity contribution in [2.75, 3.05) is 20.2 Å². The predicted molar refractivity (Wildman–Crippen MR) is 68.7 cm³/mol. The largest absolute Gasteiger partial charge is 0.376 e. The van der Waals surface area contributed by atoms with Crippen LogP contribution in [0.5, 0.6) is 0 Å². The molecule has 0 radical (unpaired) electrons. The number of rotatable bonds is 4. The Hall–Kier alpha value is -1.95. The van der Waals surface area contributed by atoms with Crippen molar-refractivity contribution >= 4 is 11.8 Å². The Morgan fingerprint density at radius 1 is 1.53 bits per heavy atom. The Labute approximate surface area is 111 Å². The molecule has 19 heavy (non-hydrogen) atoms. The highest BCUT2D eigenvalue weighted by Crippen LogP contribution is 2.14. The van der Waals surface area contributed by atoms with E-state index in [1.165, 1.54) is 12.3 Å². The van der Waals surface area contributed by atoms with Crippen LogP contribution in [0.15, 0.2) is 18.3 Å². The lowest BCUT2D eigenvalue weighted by molar-refractivity contribution is 0.0586. The van der Waals surface area contributed by atoms with Crippen molar-refractivity contribution in [3.63, 3.8) is 0 Å². The number of amides is 2. The quantitative estimate of drug-likeness (QED) is 0.853. The Balaban J connectivity index is 1.99. The number of likely N-dealkylation sites (N-methyl/N-ethyl adjacent to an activating group) is 1. The molecule has 1 atom stereocenters. The van der Waals surface area contributed by atoms with E-state index in [1.807, 2.05) is 0 Å². The number of nitrogens with zero attached hydrogens (tertiary/aromatic N) is 2. The average Bonchev–Trinajstić information content (AvgIpc) is 2.90. The minimum atomic E-state index is -0.605. The van der Waals surface area contributed by atoms with Gasteiger partial charge in [0.2, 0.25) is 0 Å². The van der Waals surface area contributed by atoms with Crippen LogP contribution < -0.4 is 5.73 Å². The fourth-order valence-electron chi connectivity index (χ4n) is 2.06. The van der Waals surface area contributed by atoms with Crippen LogP contribution >= 0.6 is 0 Å². The average molecular weight is 263 g/mol. The van der Waals surface area contributed by atoms with Crippen LogP contribution in [0, 0.1) is 0 Å². The van der Waals surface area contributed by atoms with E-state index >= 15 is 0 Å². The molecule has 1 aromatic heterocycles. The second kappa shape index (κ2) is 5.79. The predicted octanol–water partition coefficient (Wildman–Crippen LogP) is 0.431. The van der Waals surface area contributed by atoms with Crippen LogP contribution in [-0.4, -0.2) is 48.0 Å². The van der Waals surface area contributed by atoms with Crippen LogP contribution in [0.1, 0.15) is 33.7 Å². The summed E-state index contributed by atoms with van der Waals surface area (Å²) >= 11 is 0. The molecule has 6 nitrogen and oxygen atoms in total. The molecule has 1 aliphatic heterocycles. The van der Waals surface area contributed by atoms with E-state index in [0.717, 1.165) is 19.4 Å². The van der Waals surface area contributed by atoms with Crippen LogP contribution in [-0.2, 0) is 4.74 Å². The first-order valence-electron chi connectivity index (χ1n) is 6.21. The zero-order valence-corrected chi connectivity index (χ0v) is 10.8. The van der Waals surface area contributed by atoms with E-state index in [1.54, 1.807) is 18.0 Å². The molecule has 0 saturated carbocycles. The highest BCUT2D eigenvalue weighted by molar-refractivity contribution is 5.95. The fraction of sp³-hybridized carbons (Fsp3) is 0.462. The molecule has 2 heterocycles. The molecule has 0 unspecified atom stereocenters. The zero-order chi connectivity index (χ0) is 13.8. The van der Waals surface area contributed by atoms with Gasteiger partial charge in [-0.05, 0) is 25.0 Å². The van der Waals surface area contributed by atoms with Gasteiger partial charge in [0.05, 0.1) is 11.7 Å². The molecule has 1 fully saturated rings. The van der Waals surface area contributed by atoms with Crippen molar-refractivity contribution in [3.8, 4) is 0 Å². The monoisotopic (exact) mass is 263 g/mol. The van der Waals surface area contributed by atoms with Crippen molar-refractivity contribution in [2.45, 2.75) is 18.9 Å². The number of carbonyl (C=O) groups is 2. The first kappa shape index (κ1) is 13.5. The summed E-state index contributed by atoms with van der Waals surface area (Å²) in [4.78, 5) is 28.5. The standard InChI is InChI=1S/C13H17N3O3/c1-16(8-10-3-2-6-19-10)13(18)9-4-5-11(12(14)17)15-7-9/h4-5,7,10H,2-3,6,8H2,1H3,(H2,14,17)/t10-/m0/s1. The fourth-order valence-corrected chi connectivity index (χ4v) is 2.06. The van der Waals surface area contributed by atoms with Gasteiger partial charge >= 0.3 is 0 Å². The second-order valence-electron chi connectivity index (χ2n) is 4.62. The molecule has 1 saturated heterocycles. The highest BCUT2D eigenvalue weighted by Gasteiger charge is 2.21. The maximum atomic E-state index is 12.1. The van der Waals surface area contributed by atoms with Gasteiger partial charge in [-0.25, -0.2) is 0 Å². The topological polar surface area (TPSA) is 85.5 Å². The molecule has 0 spiro atoms. The number of nitrogens with two attached hydrogens (primary N) is 1. The lowest BCUT2D eigenvalue weighted by Crippen LogP contribution is -2.34. The van der Waals surface area contributed by atoms with Crippen molar-refractivity contribution in [2.24, 2.45) is 5.73 Å². The molecule has 102 valence electrons. The molecule has 2 N–H and O–H groups in total. The van der Waals surface area contributed by atoms with Gasteiger partial charge in [-0.3, -0.25) is 14.6 Å². The molecule has 2 amide bonds. The van der Waals surface area contributed by atoms with Crippen LogP contribution in [0.4, 0.5) is 0 Å². The van der Waals surface area contributed by atoms with E-state index in [2.05, 4.69) is 4.98 Å². The second-order valence-corrected chi connectivity index (χ2v) is 4.62. The summed E-state index contributed by atoms with van der Waals surface area (Å²) in [5.74, 6) is -0.745. The Morgan fingerprint density at radius 3 is 2.84 bits per heavy atom. The molecule has 0 bridgehead atoms. The highest BCUT2D eigenvalue weighted by atomic mass is 16.5. The van der Waals surface area contributed by atoms with Crippen LogP contribution in [0.3, 0.4) is 0 Å². The van der Waals surface area contributed by atoms with E-state index < -0.39 is 5.91 Å². The number of primary amides is 1. The van der Waals surface area contributed by atoms with E-state index in [-0.39, 0.29) is 17.7 Å². The van der Waals surface area contributed by atoms with E-state index in [9.17, 15) is 9.59 Å². The molecular formula is C13H17N3O3. The van der Waals surface area contributed by atoms with Gasteiger partial charge in [0, 0.05) is 26.4 Å². The lowest BCUT2D eigenvalue weighted by Gasteiger charge is -2.20. The third-order valence-electron chi connectivity index (χ3n) is 3.11. The van der Waals surface area contributed by atoms with Crippen LogP contribution in [0.25, 0.3) is 0 Å². The third kappa shape index (κ3) is 3.29. The van der Waals surface area contributed by atoms with E-state index in [0.29, 0.717) is 12.1 Å². The smallest absolute Gasteiger partial charge is 0.267 e. The first-order valence-corrected chi connectivity index (χ1v) is 6.21. The molecule has 0 aromatic carbocycles. The van der Waals surface area contributed by atoms with Crippen molar-refractivity contribution < 1.29 is 14.3 Å². The summed E-state index contributed by atoms with van der Waals surface area (Å²) in [7, 11) is 1.73. The molecule has 0 aliphatic carbocycles. The number of pyridine rings is 1. The van der Waals surface area contributed by atoms with Gasteiger partial charge in [-0.1, -0.05) is 0 Å². The maximum absolute atomic E-state index is 12.1. The van der Waals surface area contributed by atoms with Crippen molar-refractivity contribution in [3.05, 3.63) is 29.6 Å². The number of aromatic nitrogens is 1. The Morgan fingerprint density at radius 2 is 2.32 bits per heavy atom. The minimum absolute atomic E-state index is 0.117. The lowest BCUT2D eigenvalue weighted by atomic mass is 10.2. The van der Waals surface area contributed by atoms with Gasteiger partial charge in [-0.2, -0.15) is 0 Å². The number of carbonyl (C=O) groups excluding carboxylic acids is 2. The summed E-state index contributed by atoms with van der Waals surface area (Å²) in [6.45, 7) is 1.33. The SMILES string of the molecule is CN(C[C@@H]1CCCO1)C(=O)c1ccc(C(N)=O)nc1. The minimum Gasteiger partial charge on any atom is -0.376 e. The summed E-state index contributed by atoms with van der Waals surface area (Å²) in [5, 5.41) is 0. The number of hydrogen-bond acceptors (Lipinski definition) is 4. The Kier molecular flexibility index (Phi) is 4.11. The first-order chi connectivity index (χ1) is 9.08.